The van der Waals surface area contributed by atoms with Crippen molar-refractivity contribution in [2.75, 3.05) is 25.5 Å². The van der Waals surface area contributed by atoms with Gasteiger partial charge in [0.15, 0.2) is 0 Å². The maximum absolute atomic E-state index is 12.5. The number of pyridine rings is 1. The number of carbonyl (C=O) groups is 2. The minimum absolute atomic E-state index is 0.0920. The molecule has 2 aromatic carbocycles. The molecule has 7 nitrogen and oxygen atoms in total. The van der Waals surface area contributed by atoms with Crippen LogP contribution in [-0.2, 0) is 22.6 Å². The zero-order valence-corrected chi connectivity index (χ0v) is 18.0. The minimum atomic E-state index is -0.716. The van der Waals surface area contributed by atoms with Crippen LogP contribution in [0.4, 0.5) is 5.69 Å². The quantitative estimate of drug-likeness (QED) is 0.588. The molecule has 2 amide bonds. The largest absolute Gasteiger partial charge is 0.497 e. The molecule has 1 aliphatic rings. The molecule has 0 aliphatic carbocycles. The van der Waals surface area contributed by atoms with Gasteiger partial charge in [-0.25, -0.2) is 0 Å². The van der Waals surface area contributed by atoms with Crippen LogP contribution in [0.1, 0.15) is 22.7 Å². The molecule has 1 aromatic heterocycles. The normalized spacial score (nSPS) is 14.2. The molecule has 0 spiro atoms. The van der Waals surface area contributed by atoms with Gasteiger partial charge in [0.25, 0.3) is 0 Å². The first-order valence-corrected chi connectivity index (χ1v) is 10.6. The number of anilines is 1. The van der Waals surface area contributed by atoms with Gasteiger partial charge in [0, 0.05) is 43.8 Å². The van der Waals surface area contributed by atoms with E-state index in [0.29, 0.717) is 18.0 Å². The van der Waals surface area contributed by atoms with E-state index in [0.717, 1.165) is 25.1 Å². The first-order valence-electron chi connectivity index (χ1n) is 10.6. The SMILES string of the molecule is COc1cccc(NC(=O)C(=O)NCC(c2cccnc2)N2CCc3ccccc3C2)c1. The number of rotatable bonds is 6. The van der Waals surface area contributed by atoms with Crippen molar-refractivity contribution >= 4 is 17.5 Å². The number of nitrogens with zero attached hydrogens (tertiary/aromatic N) is 2. The lowest BCUT2D eigenvalue weighted by Crippen LogP contribution is -2.43. The maximum Gasteiger partial charge on any atom is 0.313 e. The third-order valence-corrected chi connectivity index (χ3v) is 5.66. The lowest BCUT2D eigenvalue weighted by molar-refractivity contribution is -0.136. The van der Waals surface area contributed by atoms with Gasteiger partial charge in [-0.05, 0) is 41.3 Å². The Labute approximate surface area is 187 Å². The highest BCUT2D eigenvalue weighted by atomic mass is 16.5. The highest BCUT2D eigenvalue weighted by Gasteiger charge is 2.26. The van der Waals surface area contributed by atoms with Gasteiger partial charge >= 0.3 is 11.8 Å². The molecule has 3 aromatic rings. The fraction of sp³-hybridized carbons (Fsp3) is 0.240. The number of amides is 2. The fourth-order valence-electron chi connectivity index (χ4n) is 3.97. The van der Waals surface area contributed by atoms with Crippen molar-refractivity contribution in [3.8, 4) is 5.75 Å². The van der Waals surface area contributed by atoms with E-state index < -0.39 is 11.8 Å². The number of benzene rings is 2. The zero-order chi connectivity index (χ0) is 22.3. The van der Waals surface area contributed by atoms with Crippen LogP contribution in [0.5, 0.6) is 5.75 Å². The first kappa shape index (κ1) is 21.5. The number of carbonyl (C=O) groups excluding carboxylic acids is 2. The van der Waals surface area contributed by atoms with Crippen LogP contribution >= 0.6 is 0 Å². The van der Waals surface area contributed by atoms with Gasteiger partial charge in [0.05, 0.1) is 13.2 Å². The Hall–Kier alpha value is -3.71. The number of hydrogen-bond acceptors (Lipinski definition) is 5. The van der Waals surface area contributed by atoms with E-state index in [1.54, 1.807) is 37.6 Å². The van der Waals surface area contributed by atoms with Gasteiger partial charge in [-0.1, -0.05) is 36.4 Å². The molecular weight excluding hydrogens is 404 g/mol. The van der Waals surface area contributed by atoms with Gasteiger partial charge < -0.3 is 15.4 Å². The molecule has 4 rings (SSSR count). The molecule has 0 fully saturated rings. The topological polar surface area (TPSA) is 83.6 Å². The molecule has 2 heterocycles. The number of hydrogen-bond donors (Lipinski definition) is 2. The number of methoxy groups -OCH3 is 1. The third kappa shape index (κ3) is 5.12. The van der Waals surface area contributed by atoms with E-state index in [1.165, 1.54) is 11.1 Å². The summed E-state index contributed by atoms with van der Waals surface area (Å²) in [5.74, 6) is -0.795. The van der Waals surface area contributed by atoms with Crippen molar-refractivity contribution in [3.05, 3.63) is 89.7 Å². The summed E-state index contributed by atoms with van der Waals surface area (Å²) in [5, 5.41) is 5.41. The first-order chi connectivity index (χ1) is 15.6. The van der Waals surface area contributed by atoms with E-state index in [9.17, 15) is 9.59 Å². The van der Waals surface area contributed by atoms with Crippen molar-refractivity contribution in [2.45, 2.75) is 19.0 Å². The summed E-state index contributed by atoms with van der Waals surface area (Å²) in [6.45, 7) is 1.95. The van der Waals surface area contributed by atoms with Crippen LogP contribution in [0.15, 0.2) is 73.1 Å². The van der Waals surface area contributed by atoms with Gasteiger partial charge in [-0.15, -0.1) is 0 Å². The lowest BCUT2D eigenvalue weighted by atomic mass is 9.97. The maximum atomic E-state index is 12.5. The molecule has 1 unspecified atom stereocenters. The Morgan fingerprint density at radius 3 is 2.69 bits per heavy atom. The molecule has 164 valence electrons. The Kier molecular flexibility index (Phi) is 6.77. The number of nitrogens with one attached hydrogen (secondary N) is 2. The van der Waals surface area contributed by atoms with E-state index in [4.69, 9.17) is 4.74 Å². The molecule has 0 bridgehead atoms. The van der Waals surface area contributed by atoms with Gasteiger partial charge in [-0.2, -0.15) is 0 Å². The third-order valence-electron chi connectivity index (χ3n) is 5.66. The van der Waals surface area contributed by atoms with E-state index in [2.05, 4.69) is 38.7 Å². The van der Waals surface area contributed by atoms with Gasteiger partial charge in [0.1, 0.15) is 5.75 Å². The highest BCUT2D eigenvalue weighted by molar-refractivity contribution is 6.39. The Balaban J connectivity index is 1.43. The summed E-state index contributed by atoms with van der Waals surface area (Å²) in [4.78, 5) is 31.5. The van der Waals surface area contributed by atoms with E-state index in [-0.39, 0.29) is 6.04 Å². The molecule has 7 heteroatoms. The standard InChI is InChI=1S/C25H26N4O3/c1-32-22-10-4-9-21(14-22)28-25(31)24(30)27-16-23(19-8-5-12-26-15-19)29-13-11-18-6-2-3-7-20(18)17-29/h2-10,12,14-15,23H,11,13,16-17H2,1H3,(H,27,30)(H,28,31). The van der Waals surface area contributed by atoms with E-state index >= 15 is 0 Å². The average molecular weight is 431 g/mol. The molecule has 0 radical (unpaired) electrons. The van der Waals surface area contributed by atoms with Crippen molar-refractivity contribution in [1.82, 2.24) is 15.2 Å². The smallest absolute Gasteiger partial charge is 0.313 e. The monoisotopic (exact) mass is 430 g/mol. The van der Waals surface area contributed by atoms with Crippen molar-refractivity contribution in [2.24, 2.45) is 0 Å². The summed E-state index contributed by atoms with van der Waals surface area (Å²) in [6, 6.07) is 19.1. The van der Waals surface area contributed by atoms with Crippen molar-refractivity contribution in [3.63, 3.8) is 0 Å². The second kappa shape index (κ2) is 10.1. The van der Waals surface area contributed by atoms with Crippen LogP contribution in [0.3, 0.4) is 0 Å². The molecule has 2 N–H and O–H groups in total. The van der Waals surface area contributed by atoms with Gasteiger partial charge in [-0.3, -0.25) is 19.5 Å². The second-order valence-electron chi connectivity index (χ2n) is 7.69. The predicted molar refractivity (Wildman–Crippen MR) is 122 cm³/mol. The lowest BCUT2D eigenvalue weighted by Gasteiger charge is -2.35. The van der Waals surface area contributed by atoms with Crippen LogP contribution in [-0.4, -0.2) is 41.9 Å². The summed E-state index contributed by atoms with van der Waals surface area (Å²) in [6.07, 6.45) is 4.48. The van der Waals surface area contributed by atoms with Crippen LogP contribution < -0.4 is 15.4 Å². The molecule has 32 heavy (non-hydrogen) atoms. The predicted octanol–water partition coefficient (Wildman–Crippen LogP) is 2.94. The van der Waals surface area contributed by atoms with E-state index in [1.807, 2.05) is 24.4 Å². The summed E-state index contributed by atoms with van der Waals surface area (Å²) < 4.78 is 5.15. The van der Waals surface area contributed by atoms with Gasteiger partial charge in [0.2, 0.25) is 0 Å². The molecular formula is C25H26N4O3. The molecule has 1 aliphatic heterocycles. The van der Waals surface area contributed by atoms with Crippen molar-refractivity contribution < 1.29 is 14.3 Å². The van der Waals surface area contributed by atoms with Crippen LogP contribution in [0, 0.1) is 0 Å². The number of ether oxygens (including phenoxy) is 1. The molecule has 1 atom stereocenters. The Morgan fingerprint density at radius 1 is 1.06 bits per heavy atom. The molecule has 0 saturated heterocycles. The minimum Gasteiger partial charge on any atom is -0.497 e. The highest BCUT2D eigenvalue weighted by Crippen LogP contribution is 2.27. The Morgan fingerprint density at radius 2 is 1.91 bits per heavy atom. The number of fused-ring (bicyclic) bond motifs is 1. The van der Waals surface area contributed by atoms with Crippen LogP contribution in [0.2, 0.25) is 0 Å². The zero-order valence-electron chi connectivity index (χ0n) is 18.0. The molecule has 0 saturated carbocycles. The van der Waals surface area contributed by atoms with Crippen LogP contribution in [0.25, 0.3) is 0 Å². The number of aromatic nitrogens is 1. The summed E-state index contributed by atoms with van der Waals surface area (Å²) in [7, 11) is 1.55. The summed E-state index contributed by atoms with van der Waals surface area (Å²) >= 11 is 0. The van der Waals surface area contributed by atoms with Crippen molar-refractivity contribution in [1.29, 1.82) is 0 Å². The Bertz CT molecular complexity index is 1090. The average Bonchev–Trinajstić information content (AvgIpc) is 2.84. The second-order valence-corrected chi connectivity index (χ2v) is 7.69. The fourth-order valence-corrected chi connectivity index (χ4v) is 3.97. The summed E-state index contributed by atoms with van der Waals surface area (Å²) in [5.41, 5.74) is 4.14.